The van der Waals surface area contributed by atoms with E-state index in [-0.39, 0.29) is 27.2 Å². The Morgan fingerprint density at radius 1 is 1.09 bits per heavy atom. The van der Waals surface area contributed by atoms with Crippen LogP contribution in [0, 0.1) is 0 Å². The van der Waals surface area contributed by atoms with Crippen molar-refractivity contribution in [2.24, 2.45) is 0 Å². The number of benzene rings is 2. The summed E-state index contributed by atoms with van der Waals surface area (Å²) in [6, 6.07) is 8.32. The second-order valence-corrected chi connectivity index (χ2v) is 7.37. The second-order valence-electron chi connectivity index (χ2n) is 6.93. The highest BCUT2D eigenvalue weighted by Gasteiger charge is 2.41. The number of H-pyrrole nitrogens is 1. The SMILES string of the molecule is O=C(Nc1ccc2nonc2c1)c1cnn(-c2cc(Cl)cc3c(=O)[nH]ccc23)c1C(F)(F)F. The number of halogens is 4. The zero-order chi connectivity index (χ0) is 23.3. The van der Waals surface area contributed by atoms with Crippen molar-refractivity contribution in [2.45, 2.75) is 6.18 Å². The van der Waals surface area contributed by atoms with Crippen molar-refractivity contribution < 1.29 is 22.6 Å². The molecule has 166 valence electrons. The Labute approximate surface area is 185 Å². The first-order valence-electron chi connectivity index (χ1n) is 9.22. The molecular formula is C20H10ClF3N6O3. The highest BCUT2D eigenvalue weighted by atomic mass is 35.5. The molecule has 0 saturated heterocycles. The number of carbonyl (C=O) groups is 1. The van der Waals surface area contributed by atoms with Crippen molar-refractivity contribution in [1.82, 2.24) is 25.1 Å². The number of amides is 1. The third-order valence-corrected chi connectivity index (χ3v) is 5.07. The molecule has 5 aromatic rings. The summed E-state index contributed by atoms with van der Waals surface area (Å²) in [6.07, 6.45) is -2.87. The van der Waals surface area contributed by atoms with E-state index in [9.17, 15) is 22.8 Å². The molecule has 1 amide bonds. The van der Waals surface area contributed by atoms with E-state index in [1.807, 2.05) is 0 Å². The van der Waals surface area contributed by atoms with E-state index in [1.165, 1.54) is 42.6 Å². The van der Waals surface area contributed by atoms with E-state index in [1.54, 1.807) is 0 Å². The summed E-state index contributed by atoms with van der Waals surface area (Å²) in [5.41, 5.74) is -1.77. The summed E-state index contributed by atoms with van der Waals surface area (Å²) in [7, 11) is 0. The van der Waals surface area contributed by atoms with E-state index in [2.05, 4.69) is 30.3 Å². The average Bonchev–Trinajstić information content (AvgIpc) is 3.40. The molecule has 0 aliphatic carbocycles. The van der Waals surface area contributed by atoms with Gasteiger partial charge in [-0.1, -0.05) is 11.6 Å². The number of rotatable bonds is 3. The molecule has 0 aliphatic rings. The maximum absolute atomic E-state index is 14.1. The van der Waals surface area contributed by atoms with Gasteiger partial charge in [-0.3, -0.25) is 9.59 Å². The van der Waals surface area contributed by atoms with Gasteiger partial charge in [0.25, 0.3) is 11.5 Å². The molecule has 0 aliphatic heterocycles. The summed E-state index contributed by atoms with van der Waals surface area (Å²) in [5, 5.41) is 13.7. The van der Waals surface area contributed by atoms with Crippen molar-refractivity contribution in [3.8, 4) is 5.69 Å². The molecule has 0 bridgehead atoms. The quantitative estimate of drug-likeness (QED) is 0.405. The normalized spacial score (nSPS) is 11.9. The predicted octanol–water partition coefficient (Wildman–Crippen LogP) is 4.17. The first kappa shape index (κ1) is 20.7. The van der Waals surface area contributed by atoms with E-state index in [0.29, 0.717) is 15.7 Å². The number of nitrogens with one attached hydrogen (secondary N) is 2. The Bertz CT molecular complexity index is 1600. The summed E-state index contributed by atoms with van der Waals surface area (Å²) in [4.78, 5) is 27.4. The third-order valence-electron chi connectivity index (χ3n) is 4.85. The van der Waals surface area contributed by atoms with Crippen LogP contribution >= 0.6 is 11.6 Å². The molecular weight excluding hydrogens is 465 g/mol. The van der Waals surface area contributed by atoms with Crippen LogP contribution in [0.3, 0.4) is 0 Å². The lowest BCUT2D eigenvalue weighted by Crippen LogP contribution is -2.21. The van der Waals surface area contributed by atoms with Crippen molar-refractivity contribution in [2.75, 3.05) is 5.32 Å². The Morgan fingerprint density at radius 2 is 1.88 bits per heavy atom. The maximum atomic E-state index is 14.1. The van der Waals surface area contributed by atoms with Gasteiger partial charge in [0.2, 0.25) is 0 Å². The van der Waals surface area contributed by atoms with E-state index >= 15 is 0 Å². The summed E-state index contributed by atoms with van der Waals surface area (Å²) < 4.78 is 47.4. The number of fused-ring (bicyclic) bond motifs is 2. The van der Waals surface area contributed by atoms with Gasteiger partial charge in [-0.15, -0.1) is 0 Å². The fourth-order valence-electron chi connectivity index (χ4n) is 3.45. The number of hydrogen-bond donors (Lipinski definition) is 2. The minimum absolute atomic E-state index is 0.0263. The van der Waals surface area contributed by atoms with E-state index < -0.39 is 28.9 Å². The number of aromatic nitrogens is 5. The predicted molar refractivity (Wildman–Crippen MR) is 111 cm³/mol. The van der Waals surface area contributed by atoms with Gasteiger partial charge in [-0.25, -0.2) is 9.31 Å². The van der Waals surface area contributed by atoms with E-state index in [4.69, 9.17) is 11.6 Å². The van der Waals surface area contributed by atoms with Crippen LogP contribution in [-0.4, -0.2) is 31.0 Å². The van der Waals surface area contributed by atoms with Crippen LogP contribution in [0.15, 0.2) is 58.2 Å². The highest BCUT2D eigenvalue weighted by molar-refractivity contribution is 6.31. The van der Waals surface area contributed by atoms with Gasteiger partial charge in [0.05, 0.1) is 22.8 Å². The van der Waals surface area contributed by atoms with Gasteiger partial charge in [-0.05, 0) is 46.7 Å². The minimum Gasteiger partial charge on any atom is -0.329 e. The first-order chi connectivity index (χ1) is 15.7. The molecule has 3 heterocycles. The Hall–Kier alpha value is -4.19. The number of carbonyl (C=O) groups excluding carboxylic acids is 1. The number of aromatic amines is 1. The molecule has 33 heavy (non-hydrogen) atoms. The van der Waals surface area contributed by atoms with Crippen molar-refractivity contribution in [1.29, 1.82) is 0 Å². The summed E-state index contributed by atoms with van der Waals surface area (Å²) in [5.74, 6) is -1.05. The van der Waals surface area contributed by atoms with Crippen LogP contribution in [0.4, 0.5) is 18.9 Å². The summed E-state index contributed by atoms with van der Waals surface area (Å²) >= 11 is 6.05. The number of hydrogen-bond acceptors (Lipinski definition) is 6. The highest BCUT2D eigenvalue weighted by Crippen LogP contribution is 2.36. The Balaban J connectivity index is 1.64. The van der Waals surface area contributed by atoms with Crippen molar-refractivity contribution in [3.63, 3.8) is 0 Å². The zero-order valence-electron chi connectivity index (χ0n) is 16.1. The molecule has 2 N–H and O–H groups in total. The molecule has 5 rings (SSSR count). The lowest BCUT2D eigenvalue weighted by atomic mass is 10.1. The fourth-order valence-corrected chi connectivity index (χ4v) is 3.66. The van der Waals surface area contributed by atoms with Crippen LogP contribution in [0.1, 0.15) is 16.1 Å². The first-order valence-corrected chi connectivity index (χ1v) is 9.60. The molecule has 9 nitrogen and oxygen atoms in total. The lowest BCUT2D eigenvalue weighted by Gasteiger charge is -2.14. The van der Waals surface area contributed by atoms with Gasteiger partial charge in [0.15, 0.2) is 5.69 Å². The second kappa shape index (κ2) is 7.45. The van der Waals surface area contributed by atoms with Crippen LogP contribution in [0.25, 0.3) is 27.5 Å². The Kier molecular flexibility index (Phi) is 4.67. The molecule has 0 unspecified atom stereocenters. The van der Waals surface area contributed by atoms with Crippen molar-refractivity contribution >= 4 is 45.0 Å². The van der Waals surface area contributed by atoms with Gasteiger partial charge >= 0.3 is 6.18 Å². The lowest BCUT2D eigenvalue weighted by molar-refractivity contribution is -0.143. The van der Waals surface area contributed by atoms with Crippen LogP contribution in [-0.2, 0) is 6.18 Å². The molecule has 3 aromatic heterocycles. The molecule has 13 heteroatoms. The van der Waals surface area contributed by atoms with E-state index in [0.717, 1.165) is 6.20 Å². The number of alkyl halides is 3. The monoisotopic (exact) mass is 474 g/mol. The zero-order valence-corrected chi connectivity index (χ0v) is 16.9. The fraction of sp³-hybridized carbons (Fsp3) is 0.0500. The molecule has 0 atom stereocenters. The van der Waals surface area contributed by atoms with Gasteiger partial charge in [0, 0.05) is 22.3 Å². The average molecular weight is 475 g/mol. The maximum Gasteiger partial charge on any atom is 0.434 e. The van der Waals surface area contributed by atoms with Gasteiger partial charge in [-0.2, -0.15) is 18.3 Å². The number of anilines is 1. The largest absolute Gasteiger partial charge is 0.434 e. The van der Waals surface area contributed by atoms with Gasteiger partial charge in [0.1, 0.15) is 11.0 Å². The summed E-state index contributed by atoms with van der Waals surface area (Å²) in [6.45, 7) is 0. The standard InChI is InChI=1S/C20H10ClF3N6O3/c21-9-5-12-11(3-4-25-18(12)31)16(6-9)30-17(20(22,23)24)13(8-26-30)19(32)27-10-1-2-14-15(7-10)29-33-28-14/h1-8H,(H,25,31)(H,27,32). The van der Waals surface area contributed by atoms with Crippen LogP contribution in [0.5, 0.6) is 0 Å². The smallest absolute Gasteiger partial charge is 0.329 e. The topological polar surface area (TPSA) is 119 Å². The molecule has 0 radical (unpaired) electrons. The van der Waals surface area contributed by atoms with Gasteiger partial charge < -0.3 is 10.3 Å². The number of pyridine rings is 1. The molecule has 0 saturated carbocycles. The molecule has 0 fully saturated rings. The molecule has 2 aromatic carbocycles. The van der Waals surface area contributed by atoms with Crippen LogP contribution < -0.4 is 10.9 Å². The van der Waals surface area contributed by atoms with Crippen LogP contribution in [0.2, 0.25) is 5.02 Å². The minimum atomic E-state index is -4.96. The third kappa shape index (κ3) is 3.59. The number of nitrogens with zero attached hydrogens (tertiary/aromatic N) is 4. The Morgan fingerprint density at radius 3 is 2.67 bits per heavy atom. The molecule has 0 spiro atoms. The van der Waals surface area contributed by atoms with Crippen molar-refractivity contribution in [3.05, 3.63) is 75.4 Å².